The van der Waals surface area contributed by atoms with Crippen LogP contribution in [0.4, 0.5) is 10.1 Å². The number of allylic oxidation sites excluding steroid dienone is 1. The van der Waals surface area contributed by atoms with Crippen LogP contribution >= 0.6 is 15.9 Å². The van der Waals surface area contributed by atoms with Crippen molar-refractivity contribution in [2.75, 3.05) is 5.32 Å². The summed E-state index contributed by atoms with van der Waals surface area (Å²) in [6, 6.07) is 9.54. The maximum absolute atomic E-state index is 14.4. The average Bonchev–Trinajstić information content (AvgIpc) is 2.49. The van der Waals surface area contributed by atoms with Crippen molar-refractivity contribution in [2.45, 2.75) is 13.8 Å². The number of halogens is 2. The molecule has 0 saturated heterocycles. The summed E-state index contributed by atoms with van der Waals surface area (Å²) in [7, 11) is 0. The summed E-state index contributed by atoms with van der Waals surface area (Å²) in [5.41, 5.74) is 1.63. The molecule has 0 aliphatic carbocycles. The lowest BCUT2D eigenvalue weighted by molar-refractivity contribution is -0.131. The minimum absolute atomic E-state index is 0.0384. The van der Waals surface area contributed by atoms with E-state index >= 15 is 0 Å². The Hall–Kier alpha value is -2.47. The summed E-state index contributed by atoms with van der Waals surface area (Å²) in [4.78, 5) is 23.2. The molecule has 0 heterocycles. The standard InChI is InChI=1S/C18H15BrFNO3/c1-10-7-14(11(2)9-16(22)23)17(15(20)8-10)21-18(24)12-3-5-13(19)6-4-12/h3-9H,1-2H3,(H,21,24)(H,22,23)/b11-9+. The highest BCUT2D eigenvalue weighted by Crippen LogP contribution is 2.29. The van der Waals surface area contributed by atoms with E-state index in [0.717, 1.165) is 10.5 Å². The normalized spacial score (nSPS) is 11.2. The van der Waals surface area contributed by atoms with Gasteiger partial charge >= 0.3 is 5.97 Å². The van der Waals surface area contributed by atoms with Crippen LogP contribution in [0.3, 0.4) is 0 Å². The second-order valence-electron chi connectivity index (χ2n) is 5.30. The smallest absolute Gasteiger partial charge is 0.328 e. The minimum atomic E-state index is -1.14. The molecule has 0 saturated carbocycles. The molecule has 124 valence electrons. The van der Waals surface area contributed by atoms with E-state index in [0.29, 0.717) is 22.3 Å². The quantitative estimate of drug-likeness (QED) is 0.746. The molecule has 0 bridgehead atoms. The summed E-state index contributed by atoms with van der Waals surface area (Å²) in [6.07, 6.45) is 0.976. The van der Waals surface area contributed by atoms with E-state index in [1.807, 2.05) is 0 Å². The van der Waals surface area contributed by atoms with Gasteiger partial charge in [-0.05, 0) is 61.4 Å². The third kappa shape index (κ3) is 4.29. The summed E-state index contributed by atoms with van der Waals surface area (Å²) >= 11 is 3.28. The monoisotopic (exact) mass is 391 g/mol. The van der Waals surface area contributed by atoms with Crippen LogP contribution in [0.5, 0.6) is 0 Å². The van der Waals surface area contributed by atoms with Gasteiger partial charge in [0.1, 0.15) is 5.82 Å². The summed E-state index contributed by atoms with van der Waals surface area (Å²) in [5.74, 6) is -2.23. The molecule has 2 rings (SSSR count). The number of carbonyl (C=O) groups is 2. The predicted octanol–water partition coefficient (Wildman–Crippen LogP) is 4.64. The number of rotatable bonds is 4. The summed E-state index contributed by atoms with van der Waals surface area (Å²) in [5, 5.41) is 11.4. The Morgan fingerprint density at radius 3 is 2.42 bits per heavy atom. The first-order valence-corrected chi connectivity index (χ1v) is 7.86. The zero-order valence-electron chi connectivity index (χ0n) is 13.1. The lowest BCUT2D eigenvalue weighted by Gasteiger charge is -2.14. The number of carboxylic acid groups (broad SMARTS) is 1. The number of aryl methyl sites for hydroxylation is 1. The van der Waals surface area contributed by atoms with E-state index in [9.17, 15) is 14.0 Å². The van der Waals surface area contributed by atoms with Crippen LogP contribution in [0.25, 0.3) is 5.57 Å². The highest BCUT2D eigenvalue weighted by Gasteiger charge is 2.16. The number of aliphatic carboxylic acids is 1. The Bertz CT molecular complexity index is 829. The number of carbonyl (C=O) groups excluding carboxylic acids is 1. The van der Waals surface area contributed by atoms with E-state index in [2.05, 4.69) is 21.2 Å². The molecule has 0 unspecified atom stereocenters. The summed E-state index contributed by atoms with van der Waals surface area (Å²) in [6.45, 7) is 3.25. The Morgan fingerprint density at radius 1 is 1.21 bits per heavy atom. The lowest BCUT2D eigenvalue weighted by Crippen LogP contribution is -2.14. The third-order valence-electron chi connectivity index (χ3n) is 3.34. The molecule has 6 heteroatoms. The number of hydrogen-bond acceptors (Lipinski definition) is 2. The van der Waals surface area contributed by atoms with E-state index < -0.39 is 17.7 Å². The van der Waals surface area contributed by atoms with Crippen molar-refractivity contribution in [2.24, 2.45) is 0 Å². The minimum Gasteiger partial charge on any atom is -0.478 e. The van der Waals surface area contributed by atoms with Crippen molar-refractivity contribution in [1.29, 1.82) is 0 Å². The molecule has 0 aliphatic heterocycles. The summed E-state index contributed by atoms with van der Waals surface area (Å²) < 4.78 is 15.2. The molecular weight excluding hydrogens is 377 g/mol. The number of amides is 1. The zero-order valence-corrected chi connectivity index (χ0v) is 14.6. The van der Waals surface area contributed by atoms with Crippen LogP contribution in [-0.4, -0.2) is 17.0 Å². The van der Waals surface area contributed by atoms with Crippen LogP contribution in [0, 0.1) is 12.7 Å². The second-order valence-corrected chi connectivity index (χ2v) is 6.21. The van der Waals surface area contributed by atoms with Gasteiger partial charge in [0.25, 0.3) is 5.91 Å². The number of anilines is 1. The third-order valence-corrected chi connectivity index (χ3v) is 3.87. The highest BCUT2D eigenvalue weighted by molar-refractivity contribution is 9.10. The highest BCUT2D eigenvalue weighted by atomic mass is 79.9. The molecule has 0 atom stereocenters. The zero-order chi connectivity index (χ0) is 17.9. The van der Waals surface area contributed by atoms with E-state index in [1.165, 1.54) is 6.07 Å². The Balaban J connectivity index is 2.44. The first-order valence-electron chi connectivity index (χ1n) is 7.06. The fourth-order valence-electron chi connectivity index (χ4n) is 2.23. The predicted molar refractivity (Wildman–Crippen MR) is 94.5 cm³/mol. The fourth-order valence-corrected chi connectivity index (χ4v) is 2.49. The first kappa shape index (κ1) is 17.9. The second kappa shape index (κ2) is 7.40. The van der Waals surface area contributed by atoms with Crippen LogP contribution in [0.1, 0.15) is 28.4 Å². The van der Waals surface area contributed by atoms with Gasteiger partial charge in [0.2, 0.25) is 0 Å². The topological polar surface area (TPSA) is 66.4 Å². The maximum atomic E-state index is 14.4. The van der Waals surface area contributed by atoms with Gasteiger partial charge in [-0.3, -0.25) is 4.79 Å². The molecule has 2 aromatic rings. The van der Waals surface area contributed by atoms with E-state index in [-0.39, 0.29) is 5.69 Å². The first-order chi connectivity index (χ1) is 11.3. The molecule has 0 aliphatic rings. The number of hydrogen-bond donors (Lipinski definition) is 2. The largest absolute Gasteiger partial charge is 0.478 e. The average molecular weight is 392 g/mol. The van der Waals surface area contributed by atoms with Crippen molar-refractivity contribution in [3.05, 3.63) is 69.5 Å². The Morgan fingerprint density at radius 2 is 1.83 bits per heavy atom. The number of carboxylic acids is 1. The molecule has 2 N–H and O–H groups in total. The van der Waals surface area contributed by atoms with Gasteiger partial charge in [-0.15, -0.1) is 0 Å². The molecular formula is C18H15BrFNO3. The molecule has 0 radical (unpaired) electrons. The molecule has 0 aromatic heterocycles. The van der Waals surface area contributed by atoms with Crippen molar-refractivity contribution in [3.63, 3.8) is 0 Å². The Kier molecular flexibility index (Phi) is 5.51. The van der Waals surface area contributed by atoms with Crippen LogP contribution in [0.15, 0.2) is 46.9 Å². The molecule has 0 spiro atoms. The maximum Gasteiger partial charge on any atom is 0.328 e. The van der Waals surface area contributed by atoms with Crippen molar-refractivity contribution >= 4 is 39.1 Å². The van der Waals surface area contributed by atoms with Gasteiger partial charge in [-0.2, -0.15) is 0 Å². The van der Waals surface area contributed by atoms with Gasteiger partial charge in [0, 0.05) is 21.7 Å². The van der Waals surface area contributed by atoms with Gasteiger partial charge in [0.05, 0.1) is 5.69 Å². The SMILES string of the molecule is C/C(=C\C(=O)O)c1cc(C)cc(F)c1NC(=O)c1ccc(Br)cc1. The molecule has 0 fully saturated rings. The van der Waals surface area contributed by atoms with Crippen molar-refractivity contribution in [3.8, 4) is 0 Å². The number of nitrogens with one attached hydrogen (secondary N) is 1. The fraction of sp³-hybridized carbons (Fsp3) is 0.111. The molecule has 4 nitrogen and oxygen atoms in total. The van der Waals surface area contributed by atoms with Gasteiger partial charge in [0.15, 0.2) is 0 Å². The van der Waals surface area contributed by atoms with E-state index in [4.69, 9.17) is 5.11 Å². The van der Waals surface area contributed by atoms with Crippen LogP contribution < -0.4 is 5.32 Å². The number of benzene rings is 2. The van der Waals surface area contributed by atoms with Crippen LogP contribution in [-0.2, 0) is 4.79 Å². The Labute approximate surface area is 147 Å². The molecule has 24 heavy (non-hydrogen) atoms. The van der Waals surface area contributed by atoms with Gasteiger partial charge in [-0.1, -0.05) is 15.9 Å². The van der Waals surface area contributed by atoms with Gasteiger partial charge < -0.3 is 10.4 Å². The van der Waals surface area contributed by atoms with E-state index in [1.54, 1.807) is 44.2 Å². The van der Waals surface area contributed by atoms with Crippen molar-refractivity contribution in [1.82, 2.24) is 0 Å². The van der Waals surface area contributed by atoms with Gasteiger partial charge in [-0.25, -0.2) is 9.18 Å². The molecule has 2 aromatic carbocycles. The molecule has 1 amide bonds. The lowest BCUT2D eigenvalue weighted by atomic mass is 10.0. The van der Waals surface area contributed by atoms with Crippen molar-refractivity contribution < 1.29 is 19.1 Å². The van der Waals surface area contributed by atoms with Crippen LogP contribution in [0.2, 0.25) is 0 Å².